The van der Waals surface area contributed by atoms with Crippen LogP contribution < -0.4 is 18.9 Å². The van der Waals surface area contributed by atoms with Crippen LogP contribution in [0.4, 0.5) is 35.1 Å². The van der Waals surface area contributed by atoms with Crippen molar-refractivity contribution in [1.82, 2.24) is 0 Å². The highest BCUT2D eigenvalue weighted by Crippen LogP contribution is 2.48. The third-order valence-corrected chi connectivity index (χ3v) is 15.1. The molecule has 0 fully saturated rings. The van der Waals surface area contributed by atoms with E-state index in [4.69, 9.17) is 23.5 Å². The molecule has 0 unspecified atom stereocenters. The molecule has 0 aliphatic carbocycles. The molecule has 0 radical (unpaired) electrons. The standard InChI is InChI=1S/C55H73F8O6P/c1-4-6-34-66-44-30-26-40(48(56)52(44)60)42-28-32-46(54(62)50(42)58)68-36-22-18-14-10-8-12-16-20-24-38-70(64,65-3)39-25-21-17-13-9-11-15-19-23-37-69-47-33-29-43(51(59)55(47)63)41-27-31-45(53(61)49(41)57)67-35-7-5-2/h26-33H,4-25,34-39H2,1-3H3. The molecule has 0 heterocycles. The van der Waals surface area contributed by atoms with E-state index in [1.54, 1.807) is 7.11 Å². The largest absolute Gasteiger partial charge is 0.490 e. The fourth-order valence-corrected chi connectivity index (χ4v) is 10.1. The van der Waals surface area contributed by atoms with E-state index in [9.17, 15) is 39.7 Å². The van der Waals surface area contributed by atoms with E-state index in [0.717, 1.165) is 116 Å². The van der Waals surface area contributed by atoms with E-state index in [1.165, 1.54) is 48.5 Å². The number of hydrogen-bond acceptors (Lipinski definition) is 6. The molecule has 15 heteroatoms. The molecule has 6 nitrogen and oxygen atoms in total. The number of ether oxygens (including phenoxy) is 4. The average molecular weight is 1010 g/mol. The Balaban J connectivity index is 0.968. The first-order valence-corrected chi connectivity index (χ1v) is 27.4. The van der Waals surface area contributed by atoms with Gasteiger partial charge in [-0.15, -0.1) is 0 Å². The molecule has 0 atom stereocenters. The number of unbranched alkanes of at least 4 members (excludes halogenated alkanes) is 18. The second kappa shape index (κ2) is 31.9. The monoisotopic (exact) mass is 1010 g/mol. The molecule has 70 heavy (non-hydrogen) atoms. The van der Waals surface area contributed by atoms with Gasteiger partial charge in [0.25, 0.3) is 0 Å². The summed E-state index contributed by atoms with van der Waals surface area (Å²) in [6, 6.07) is 9.60. The summed E-state index contributed by atoms with van der Waals surface area (Å²) in [4.78, 5) is 0. The van der Waals surface area contributed by atoms with Gasteiger partial charge in [0, 0.05) is 41.7 Å². The maximum atomic E-state index is 14.9. The maximum absolute atomic E-state index is 14.9. The minimum Gasteiger partial charge on any atom is -0.490 e. The quantitative estimate of drug-likeness (QED) is 0.0255. The Hall–Kier alpha value is -4.29. The lowest BCUT2D eigenvalue weighted by molar-refractivity contribution is 0.284. The number of halogens is 8. The van der Waals surface area contributed by atoms with E-state index in [0.29, 0.717) is 38.0 Å². The molecule has 4 aromatic carbocycles. The summed E-state index contributed by atoms with van der Waals surface area (Å²) in [6.45, 7) is 4.70. The van der Waals surface area contributed by atoms with Crippen molar-refractivity contribution in [3.05, 3.63) is 95.1 Å². The second-order valence-electron chi connectivity index (χ2n) is 17.9. The Morgan fingerprint density at radius 3 is 0.800 bits per heavy atom. The van der Waals surface area contributed by atoms with Gasteiger partial charge < -0.3 is 23.5 Å². The molecule has 390 valence electrons. The normalized spacial score (nSPS) is 11.6. The molecule has 0 N–H and O–H groups in total. The molecule has 0 saturated heterocycles. The second-order valence-corrected chi connectivity index (χ2v) is 20.8. The van der Waals surface area contributed by atoms with Crippen LogP contribution in [0.2, 0.25) is 0 Å². The summed E-state index contributed by atoms with van der Waals surface area (Å²) in [7, 11) is -1.10. The van der Waals surface area contributed by atoms with Gasteiger partial charge in [0.05, 0.1) is 26.4 Å². The van der Waals surface area contributed by atoms with E-state index in [-0.39, 0.29) is 49.4 Å². The fraction of sp³-hybridized carbons (Fsp3) is 0.564. The zero-order valence-electron chi connectivity index (χ0n) is 41.3. The molecule has 0 aliphatic heterocycles. The van der Waals surface area contributed by atoms with Crippen molar-refractivity contribution in [2.24, 2.45) is 0 Å². The van der Waals surface area contributed by atoms with Crippen molar-refractivity contribution in [2.45, 2.75) is 155 Å². The average Bonchev–Trinajstić information content (AvgIpc) is 3.35. The minimum atomic E-state index is -2.64. The zero-order chi connectivity index (χ0) is 50.7. The van der Waals surface area contributed by atoms with E-state index in [2.05, 4.69) is 0 Å². The van der Waals surface area contributed by atoms with Crippen molar-refractivity contribution < 1.29 is 63.2 Å². The first-order chi connectivity index (χ1) is 33.9. The highest BCUT2D eigenvalue weighted by molar-refractivity contribution is 7.58. The predicted octanol–water partition coefficient (Wildman–Crippen LogP) is 17.9. The fourth-order valence-electron chi connectivity index (χ4n) is 8.10. The van der Waals surface area contributed by atoms with Crippen LogP contribution >= 0.6 is 7.37 Å². The van der Waals surface area contributed by atoms with E-state index < -0.39 is 76.2 Å². The summed E-state index contributed by atoms with van der Waals surface area (Å²) in [5, 5.41) is 0. The highest BCUT2D eigenvalue weighted by atomic mass is 31.2. The van der Waals surface area contributed by atoms with Crippen molar-refractivity contribution >= 4 is 7.37 Å². The van der Waals surface area contributed by atoms with Gasteiger partial charge in [-0.2, -0.15) is 17.6 Å². The number of hydrogen-bond donors (Lipinski definition) is 0. The summed E-state index contributed by atoms with van der Waals surface area (Å²) >= 11 is 0. The SMILES string of the molecule is CCCCOc1ccc(-c2ccc(OCCCCCCCCCCCP(=O)(CCCCCCCCCCCOc3ccc(-c4ccc(OCCCC)c(F)c4F)c(F)c3F)OC)c(F)c2F)c(F)c1F. The van der Waals surface area contributed by atoms with Crippen LogP contribution in [-0.4, -0.2) is 45.9 Å². The molecule has 0 bridgehead atoms. The van der Waals surface area contributed by atoms with Crippen LogP contribution in [0.15, 0.2) is 48.5 Å². The Kier molecular flexibility index (Phi) is 26.6. The van der Waals surface area contributed by atoms with Crippen molar-refractivity contribution in [2.75, 3.05) is 45.9 Å². The summed E-state index contributed by atoms with van der Waals surface area (Å²) in [5.41, 5.74) is -1.61. The van der Waals surface area contributed by atoms with E-state index >= 15 is 0 Å². The van der Waals surface area contributed by atoms with Gasteiger partial charge in [0.2, 0.25) is 30.6 Å². The first-order valence-electron chi connectivity index (χ1n) is 25.4. The topological polar surface area (TPSA) is 63.2 Å². The number of rotatable bonds is 37. The van der Waals surface area contributed by atoms with Gasteiger partial charge in [-0.05, 0) is 87.1 Å². The van der Waals surface area contributed by atoms with Crippen LogP contribution in [-0.2, 0) is 9.09 Å². The van der Waals surface area contributed by atoms with Crippen LogP contribution in [0.25, 0.3) is 22.3 Å². The van der Waals surface area contributed by atoms with Crippen molar-refractivity contribution in [1.29, 1.82) is 0 Å². The Labute approximate surface area is 410 Å². The number of benzene rings is 4. The molecule has 0 spiro atoms. The van der Waals surface area contributed by atoms with Crippen molar-refractivity contribution in [3.63, 3.8) is 0 Å². The lowest BCUT2D eigenvalue weighted by atomic mass is 10.0. The molecular weight excluding hydrogens is 940 g/mol. The molecule has 0 saturated carbocycles. The molecule has 0 aromatic heterocycles. The van der Waals surface area contributed by atoms with Gasteiger partial charge in [-0.25, -0.2) is 17.6 Å². The van der Waals surface area contributed by atoms with Gasteiger partial charge >= 0.3 is 0 Å². The molecule has 4 aromatic rings. The Bertz CT molecular complexity index is 2080. The van der Waals surface area contributed by atoms with Crippen LogP contribution in [0.3, 0.4) is 0 Å². The Morgan fingerprint density at radius 1 is 0.329 bits per heavy atom. The van der Waals surface area contributed by atoms with Gasteiger partial charge in [-0.1, -0.05) is 117 Å². The maximum Gasteiger partial charge on any atom is 0.202 e. The Morgan fingerprint density at radius 2 is 0.557 bits per heavy atom. The smallest absolute Gasteiger partial charge is 0.202 e. The van der Waals surface area contributed by atoms with Crippen LogP contribution in [0.1, 0.15) is 155 Å². The first kappa shape index (κ1) is 58.3. The minimum absolute atomic E-state index is 0.198. The molecule has 0 aliphatic rings. The zero-order valence-corrected chi connectivity index (χ0v) is 42.2. The van der Waals surface area contributed by atoms with Gasteiger partial charge in [-0.3, -0.25) is 4.57 Å². The summed E-state index contributed by atoms with van der Waals surface area (Å²) < 4.78 is 158. The highest BCUT2D eigenvalue weighted by Gasteiger charge is 2.24. The van der Waals surface area contributed by atoms with E-state index in [1.807, 2.05) is 13.8 Å². The summed E-state index contributed by atoms with van der Waals surface area (Å²) in [5.74, 6) is -11.3. The predicted molar refractivity (Wildman–Crippen MR) is 263 cm³/mol. The third-order valence-electron chi connectivity index (χ3n) is 12.4. The molecular formula is C55H73F8O6P. The molecule has 4 rings (SSSR count). The van der Waals surface area contributed by atoms with Gasteiger partial charge in [0.1, 0.15) is 0 Å². The third kappa shape index (κ3) is 18.4. The van der Waals surface area contributed by atoms with Crippen LogP contribution in [0.5, 0.6) is 23.0 Å². The summed E-state index contributed by atoms with van der Waals surface area (Å²) in [6.07, 6.45) is 21.4. The molecule has 0 amide bonds. The lowest BCUT2D eigenvalue weighted by Gasteiger charge is -2.16. The van der Waals surface area contributed by atoms with Gasteiger partial charge in [0.15, 0.2) is 46.3 Å². The lowest BCUT2D eigenvalue weighted by Crippen LogP contribution is -2.04. The van der Waals surface area contributed by atoms with Crippen LogP contribution in [0, 0.1) is 46.5 Å². The van der Waals surface area contributed by atoms with Crippen molar-refractivity contribution in [3.8, 4) is 45.3 Å².